The second kappa shape index (κ2) is 4.59. The number of carbonyl (C=O) groups excluding carboxylic acids is 1. The average Bonchev–Trinajstić information content (AvgIpc) is 2.98. The second-order valence-corrected chi connectivity index (χ2v) is 3.63. The van der Waals surface area contributed by atoms with Gasteiger partial charge in [0.1, 0.15) is 5.54 Å². The predicted molar refractivity (Wildman–Crippen MR) is 48.7 cm³/mol. The van der Waals surface area contributed by atoms with Crippen molar-refractivity contribution in [3.05, 3.63) is 0 Å². The fourth-order valence-corrected chi connectivity index (χ4v) is 0.959. The predicted octanol–water partition coefficient (Wildman–Crippen LogP) is -1.84. The summed E-state index contributed by atoms with van der Waals surface area (Å²) >= 11 is 0. The van der Waals surface area contributed by atoms with E-state index in [1.807, 2.05) is 0 Å². The molecule has 0 aromatic rings. The van der Waals surface area contributed by atoms with Crippen molar-refractivity contribution < 1.29 is 20.1 Å². The molecule has 0 radical (unpaired) electrons. The maximum absolute atomic E-state index is 11.2. The van der Waals surface area contributed by atoms with Gasteiger partial charge in [0.2, 0.25) is 0 Å². The molecule has 0 bridgehead atoms. The number of aliphatic hydroxyl groups excluding tert-OH is 3. The highest BCUT2D eigenvalue weighted by molar-refractivity contribution is 5.75. The molecule has 2 amide bonds. The van der Waals surface area contributed by atoms with Crippen LogP contribution in [0.1, 0.15) is 12.8 Å². The van der Waals surface area contributed by atoms with E-state index in [4.69, 9.17) is 15.3 Å². The number of hydrogen-bond donors (Lipinski definition) is 5. The van der Waals surface area contributed by atoms with Gasteiger partial charge in [0.25, 0.3) is 0 Å². The van der Waals surface area contributed by atoms with Gasteiger partial charge in [-0.1, -0.05) is 0 Å². The van der Waals surface area contributed by atoms with Crippen molar-refractivity contribution in [3.63, 3.8) is 0 Å². The molecule has 0 spiro atoms. The van der Waals surface area contributed by atoms with E-state index in [2.05, 4.69) is 10.6 Å². The highest BCUT2D eigenvalue weighted by atomic mass is 16.3. The molecule has 0 unspecified atom stereocenters. The summed E-state index contributed by atoms with van der Waals surface area (Å²) in [5.41, 5.74) is -1.33. The van der Waals surface area contributed by atoms with Gasteiger partial charge in [-0.2, -0.15) is 0 Å². The van der Waals surface area contributed by atoms with Gasteiger partial charge in [-0.05, 0) is 12.8 Å². The summed E-state index contributed by atoms with van der Waals surface area (Å²) in [7, 11) is 0. The first-order valence-electron chi connectivity index (χ1n) is 4.57. The standard InChI is InChI=1S/C8H16N2O4/c11-3-8(4-12,5-13)10-7(14)9-6-1-2-6/h6,11-13H,1-5H2,(H2,9,10,14). The zero-order valence-corrected chi connectivity index (χ0v) is 7.86. The third-order valence-electron chi connectivity index (χ3n) is 2.20. The highest BCUT2D eigenvalue weighted by Crippen LogP contribution is 2.18. The first kappa shape index (κ1) is 11.2. The summed E-state index contributed by atoms with van der Waals surface area (Å²) in [6.07, 6.45) is 1.91. The van der Waals surface area contributed by atoms with Crippen LogP contribution >= 0.6 is 0 Å². The zero-order chi connectivity index (χ0) is 10.6. The minimum Gasteiger partial charge on any atom is -0.394 e. The van der Waals surface area contributed by atoms with Crippen LogP contribution < -0.4 is 10.6 Å². The van der Waals surface area contributed by atoms with Crippen LogP contribution in [0, 0.1) is 0 Å². The van der Waals surface area contributed by atoms with E-state index < -0.39 is 31.4 Å². The molecule has 6 heteroatoms. The van der Waals surface area contributed by atoms with Crippen LogP contribution in [0.4, 0.5) is 4.79 Å². The third-order valence-corrected chi connectivity index (χ3v) is 2.20. The lowest BCUT2D eigenvalue weighted by Crippen LogP contribution is -2.59. The van der Waals surface area contributed by atoms with Gasteiger partial charge in [-0.15, -0.1) is 0 Å². The fourth-order valence-electron chi connectivity index (χ4n) is 0.959. The Hall–Kier alpha value is -0.850. The Bertz CT molecular complexity index is 193. The lowest BCUT2D eigenvalue weighted by Gasteiger charge is -2.28. The molecule has 0 aromatic heterocycles. The van der Waals surface area contributed by atoms with Crippen molar-refractivity contribution >= 4 is 6.03 Å². The summed E-state index contributed by atoms with van der Waals surface area (Å²) < 4.78 is 0. The molecule has 1 fully saturated rings. The van der Waals surface area contributed by atoms with Gasteiger partial charge in [-0.3, -0.25) is 0 Å². The van der Waals surface area contributed by atoms with Gasteiger partial charge in [0.15, 0.2) is 0 Å². The van der Waals surface area contributed by atoms with Gasteiger partial charge in [-0.25, -0.2) is 4.79 Å². The minimum atomic E-state index is -1.33. The highest BCUT2D eigenvalue weighted by Gasteiger charge is 2.32. The van der Waals surface area contributed by atoms with Crippen molar-refractivity contribution in [2.45, 2.75) is 24.4 Å². The monoisotopic (exact) mass is 204 g/mol. The van der Waals surface area contributed by atoms with Crippen LogP contribution in [0.15, 0.2) is 0 Å². The first-order valence-corrected chi connectivity index (χ1v) is 4.57. The lowest BCUT2D eigenvalue weighted by atomic mass is 10.0. The Morgan fingerprint density at radius 1 is 1.21 bits per heavy atom. The zero-order valence-electron chi connectivity index (χ0n) is 7.86. The van der Waals surface area contributed by atoms with E-state index >= 15 is 0 Å². The van der Waals surface area contributed by atoms with E-state index in [1.54, 1.807) is 0 Å². The van der Waals surface area contributed by atoms with E-state index in [-0.39, 0.29) is 6.04 Å². The van der Waals surface area contributed by atoms with Crippen LogP contribution in [0.25, 0.3) is 0 Å². The molecule has 1 aliphatic carbocycles. The third kappa shape index (κ3) is 2.83. The largest absolute Gasteiger partial charge is 0.394 e. The summed E-state index contributed by atoms with van der Waals surface area (Å²) in [5, 5.41) is 31.7. The van der Waals surface area contributed by atoms with Crippen LogP contribution in [-0.2, 0) is 0 Å². The fraction of sp³-hybridized carbons (Fsp3) is 0.875. The Kier molecular flexibility index (Phi) is 3.68. The summed E-state index contributed by atoms with van der Waals surface area (Å²) in [4.78, 5) is 11.2. The summed E-state index contributed by atoms with van der Waals surface area (Å²) in [5.74, 6) is 0. The molecule has 0 aliphatic heterocycles. The number of rotatable bonds is 5. The van der Waals surface area contributed by atoms with Crippen molar-refractivity contribution in [2.24, 2.45) is 0 Å². The normalized spacial score (nSPS) is 16.5. The van der Waals surface area contributed by atoms with E-state index in [1.165, 1.54) is 0 Å². The molecule has 14 heavy (non-hydrogen) atoms. The van der Waals surface area contributed by atoms with Crippen LogP contribution in [0.5, 0.6) is 0 Å². The van der Waals surface area contributed by atoms with E-state index in [0.717, 1.165) is 12.8 Å². The smallest absolute Gasteiger partial charge is 0.315 e. The molecule has 82 valence electrons. The van der Waals surface area contributed by atoms with Crippen molar-refractivity contribution in [2.75, 3.05) is 19.8 Å². The molecular weight excluding hydrogens is 188 g/mol. The number of nitrogens with one attached hydrogen (secondary N) is 2. The minimum absolute atomic E-state index is 0.198. The summed E-state index contributed by atoms with van der Waals surface area (Å²) in [6, 6.07) is -0.270. The van der Waals surface area contributed by atoms with Crippen molar-refractivity contribution in [1.29, 1.82) is 0 Å². The molecule has 1 aliphatic rings. The second-order valence-electron chi connectivity index (χ2n) is 3.63. The quantitative estimate of drug-likeness (QED) is 0.363. The van der Waals surface area contributed by atoms with Crippen LogP contribution in [0.2, 0.25) is 0 Å². The molecule has 0 aromatic carbocycles. The lowest BCUT2D eigenvalue weighted by molar-refractivity contribution is 0.0492. The molecule has 1 rings (SSSR count). The Balaban J connectivity index is 2.40. The Labute approximate surface area is 81.9 Å². The SMILES string of the molecule is O=C(NC1CC1)NC(CO)(CO)CO. The Morgan fingerprint density at radius 3 is 2.07 bits per heavy atom. The number of aliphatic hydroxyl groups is 3. The maximum atomic E-state index is 11.2. The van der Waals surface area contributed by atoms with E-state index in [0.29, 0.717) is 0 Å². The average molecular weight is 204 g/mol. The molecule has 0 heterocycles. The molecule has 5 N–H and O–H groups in total. The first-order chi connectivity index (χ1) is 6.65. The Morgan fingerprint density at radius 2 is 1.71 bits per heavy atom. The number of amides is 2. The molecule has 0 atom stereocenters. The van der Waals surface area contributed by atoms with Crippen molar-refractivity contribution in [1.82, 2.24) is 10.6 Å². The molecule has 0 saturated heterocycles. The number of urea groups is 1. The van der Waals surface area contributed by atoms with Gasteiger partial charge >= 0.3 is 6.03 Å². The van der Waals surface area contributed by atoms with Gasteiger partial charge < -0.3 is 26.0 Å². The molecule has 1 saturated carbocycles. The number of hydrogen-bond acceptors (Lipinski definition) is 4. The van der Waals surface area contributed by atoms with Gasteiger partial charge in [0.05, 0.1) is 19.8 Å². The van der Waals surface area contributed by atoms with E-state index in [9.17, 15) is 4.79 Å². The number of carbonyl (C=O) groups is 1. The molecular formula is C8H16N2O4. The van der Waals surface area contributed by atoms with Gasteiger partial charge in [0, 0.05) is 6.04 Å². The topological polar surface area (TPSA) is 102 Å². The van der Waals surface area contributed by atoms with Crippen LogP contribution in [-0.4, -0.2) is 52.8 Å². The summed E-state index contributed by atoms with van der Waals surface area (Å²) in [6.45, 7) is -1.51. The van der Waals surface area contributed by atoms with Crippen LogP contribution in [0.3, 0.4) is 0 Å². The molecule has 6 nitrogen and oxygen atoms in total. The maximum Gasteiger partial charge on any atom is 0.315 e. The van der Waals surface area contributed by atoms with Crippen molar-refractivity contribution in [3.8, 4) is 0 Å².